The molecule has 0 aromatic heterocycles. The summed E-state index contributed by atoms with van der Waals surface area (Å²) in [5, 5.41) is 9.76. The van der Waals surface area contributed by atoms with Crippen LogP contribution in [0.15, 0.2) is 36.4 Å². The van der Waals surface area contributed by atoms with Gasteiger partial charge in [-0.2, -0.15) is 0 Å². The Kier molecular flexibility index (Phi) is 5.09. The zero-order chi connectivity index (χ0) is 19.7. The molecule has 2 aromatic rings. The van der Waals surface area contributed by atoms with Gasteiger partial charge in [-0.05, 0) is 54.8 Å². The first-order valence-electron chi connectivity index (χ1n) is 9.30. The maximum atomic E-state index is 14.5. The molecule has 1 N–H and O–H groups in total. The zero-order valence-electron chi connectivity index (χ0n) is 15.6. The van der Waals surface area contributed by atoms with Gasteiger partial charge >= 0.3 is 5.97 Å². The van der Waals surface area contributed by atoms with E-state index in [0.29, 0.717) is 30.0 Å². The van der Waals surface area contributed by atoms with Gasteiger partial charge in [0.15, 0.2) is 23.1 Å². The predicted molar refractivity (Wildman–Crippen MR) is 99.3 cm³/mol. The number of carboxylic acids is 1. The fraction of sp³-hybridized carbons (Fsp3) is 0.381. The van der Waals surface area contributed by atoms with Gasteiger partial charge in [0.2, 0.25) is 6.79 Å². The normalized spacial score (nSPS) is 20.0. The third-order valence-electron chi connectivity index (χ3n) is 5.36. The second-order valence-electron chi connectivity index (χ2n) is 7.00. The Hall–Kier alpha value is -2.80. The lowest BCUT2D eigenvalue weighted by molar-refractivity contribution is -0.145. The van der Waals surface area contributed by atoms with Crippen molar-refractivity contribution in [1.82, 2.24) is 4.90 Å². The molecule has 2 aromatic carbocycles. The summed E-state index contributed by atoms with van der Waals surface area (Å²) in [6, 6.07) is 9.27. The molecule has 0 radical (unpaired) electrons. The van der Waals surface area contributed by atoms with E-state index in [0.717, 1.165) is 18.4 Å². The summed E-state index contributed by atoms with van der Waals surface area (Å²) in [4.78, 5) is 13.8. The first-order valence-corrected chi connectivity index (χ1v) is 9.30. The Labute approximate surface area is 162 Å². The van der Waals surface area contributed by atoms with Crippen molar-refractivity contribution in [2.45, 2.75) is 31.3 Å². The zero-order valence-corrected chi connectivity index (χ0v) is 15.6. The van der Waals surface area contributed by atoms with Crippen LogP contribution in [0.5, 0.6) is 17.2 Å². The molecule has 2 atom stereocenters. The summed E-state index contributed by atoms with van der Waals surface area (Å²) in [6.07, 6.45) is 2.32. The van der Waals surface area contributed by atoms with E-state index in [1.165, 1.54) is 13.2 Å². The van der Waals surface area contributed by atoms with Gasteiger partial charge in [-0.15, -0.1) is 0 Å². The largest absolute Gasteiger partial charge is 0.494 e. The lowest BCUT2D eigenvalue weighted by Crippen LogP contribution is -2.46. The maximum absolute atomic E-state index is 14.5. The minimum absolute atomic E-state index is 0.154. The van der Waals surface area contributed by atoms with Gasteiger partial charge in [0.1, 0.15) is 6.04 Å². The molecular weight excluding hydrogens is 365 g/mol. The quantitative estimate of drug-likeness (QED) is 0.846. The highest BCUT2D eigenvalue weighted by Gasteiger charge is 2.36. The van der Waals surface area contributed by atoms with Crippen molar-refractivity contribution in [3.63, 3.8) is 0 Å². The number of carbonyl (C=O) groups is 1. The van der Waals surface area contributed by atoms with Crippen molar-refractivity contribution in [3.05, 3.63) is 53.3 Å². The first kappa shape index (κ1) is 18.6. The molecule has 0 spiro atoms. The molecule has 2 aliphatic heterocycles. The van der Waals surface area contributed by atoms with Crippen LogP contribution in [-0.4, -0.2) is 42.5 Å². The molecule has 28 heavy (non-hydrogen) atoms. The van der Waals surface area contributed by atoms with Gasteiger partial charge in [-0.3, -0.25) is 9.69 Å². The molecule has 2 aliphatic rings. The first-order chi connectivity index (χ1) is 13.6. The number of likely N-dealkylation sites (tertiary alicyclic amines) is 1. The van der Waals surface area contributed by atoms with Crippen molar-refractivity contribution in [3.8, 4) is 17.2 Å². The Balaban J connectivity index is 1.80. The van der Waals surface area contributed by atoms with Gasteiger partial charge in [0.25, 0.3) is 0 Å². The smallest absolute Gasteiger partial charge is 0.320 e. The number of halogens is 1. The van der Waals surface area contributed by atoms with Crippen LogP contribution in [-0.2, 0) is 4.79 Å². The van der Waals surface area contributed by atoms with Gasteiger partial charge in [0.05, 0.1) is 13.2 Å². The van der Waals surface area contributed by atoms with Crippen molar-refractivity contribution < 1.29 is 28.5 Å². The van der Waals surface area contributed by atoms with Gasteiger partial charge in [0, 0.05) is 0 Å². The lowest BCUT2D eigenvalue weighted by atomic mass is 9.91. The molecule has 2 unspecified atom stereocenters. The van der Waals surface area contributed by atoms with Gasteiger partial charge in [-0.1, -0.05) is 18.6 Å². The third-order valence-corrected chi connectivity index (χ3v) is 5.36. The Morgan fingerprint density at radius 2 is 1.93 bits per heavy atom. The standard InChI is InChI=1S/C21H22FNO5/c1-26-17-7-5-13(10-15(17)22)20(23-9-3-2-4-16(23)21(24)25)14-6-8-18-19(11-14)28-12-27-18/h5-8,10-11,16,20H,2-4,9,12H2,1H3,(H,24,25). The molecule has 4 rings (SSSR count). The van der Waals surface area contributed by atoms with Crippen LogP contribution in [0.1, 0.15) is 36.4 Å². The van der Waals surface area contributed by atoms with E-state index < -0.39 is 23.9 Å². The minimum Gasteiger partial charge on any atom is -0.494 e. The van der Waals surface area contributed by atoms with Crippen LogP contribution in [0.3, 0.4) is 0 Å². The highest BCUT2D eigenvalue weighted by Crippen LogP contribution is 2.40. The fourth-order valence-corrected chi connectivity index (χ4v) is 4.04. The van der Waals surface area contributed by atoms with Gasteiger partial charge in [-0.25, -0.2) is 4.39 Å². The van der Waals surface area contributed by atoms with Crippen molar-refractivity contribution in [2.24, 2.45) is 0 Å². The molecule has 1 saturated heterocycles. The van der Waals surface area contributed by atoms with Gasteiger partial charge < -0.3 is 19.3 Å². The van der Waals surface area contributed by atoms with E-state index in [4.69, 9.17) is 14.2 Å². The molecule has 6 nitrogen and oxygen atoms in total. The molecule has 0 aliphatic carbocycles. The van der Waals surface area contributed by atoms with Crippen LogP contribution >= 0.6 is 0 Å². The number of piperidine rings is 1. The number of hydrogen-bond acceptors (Lipinski definition) is 5. The number of hydrogen-bond donors (Lipinski definition) is 1. The molecule has 0 bridgehead atoms. The Morgan fingerprint density at radius 1 is 1.18 bits per heavy atom. The Morgan fingerprint density at radius 3 is 2.68 bits per heavy atom. The summed E-state index contributed by atoms with van der Waals surface area (Å²) in [5.74, 6) is 0.0767. The minimum atomic E-state index is -0.862. The number of carboxylic acid groups (broad SMARTS) is 1. The SMILES string of the molecule is COc1ccc(C(c2ccc3c(c2)OCO3)N2CCCCC2C(=O)O)cc1F. The number of methoxy groups -OCH3 is 1. The molecule has 0 saturated carbocycles. The summed E-state index contributed by atoms with van der Waals surface area (Å²) >= 11 is 0. The van der Waals surface area contributed by atoms with Crippen molar-refractivity contribution in [2.75, 3.05) is 20.4 Å². The average molecular weight is 387 g/mol. The lowest BCUT2D eigenvalue weighted by Gasteiger charge is -2.39. The van der Waals surface area contributed by atoms with E-state index in [1.54, 1.807) is 12.1 Å². The second kappa shape index (κ2) is 7.67. The van der Waals surface area contributed by atoms with Crippen LogP contribution in [0.25, 0.3) is 0 Å². The molecule has 148 valence electrons. The van der Waals surface area contributed by atoms with Crippen LogP contribution in [0.4, 0.5) is 4.39 Å². The third kappa shape index (κ3) is 3.38. The molecule has 7 heteroatoms. The highest BCUT2D eigenvalue weighted by atomic mass is 19.1. The van der Waals surface area contributed by atoms with Crippen molar-refractivity contribution >= 4 is 5.97 Å². The number of ether oxygens (including phenoxy) is 3. The summed E-state index contributed by atoms with van der Waals surface area (Å²) < 4.78 is 30.4. The second-order valence-corrected chi connectivity index (χ2v) is 7.00. The summed E-state index contributed by atoms with van der Waals surface area (Å²) in [6.45, 7) is 0.770. The summed E-state index contributed by atoms with van der Waals surface area (Å²) in [7, 11) is 1.42. The van der Waals surface area contributed by atoms with Crippen LogP contribution < -0.4 is 14.2 Å². The summed E-state index contributed by atoms with van der Waals surface area (Å²) in [5.41, 5.74) is 1.51. The number of aliphatic carboxylic acids is 1. The fourth-order valence-electron chi connectivity index (χ4n) is 4.04. The number of nitrogens with zero attached hydrogens (tertiary/aromatic N) is 1. The monoisotopic (exact) mass is 387 g/mol. The Bertz CT molecular complexity index is 887. The van der Waals surface area contributed by atoms with E-state index >= 15 is 0 Å². The van der Waals surface area contributed by atoms with Crippen LogP contribution in [0.2, 0.25) is 0 Å². The maximum Gasteiger partial charge on any atom is 0.320 e. The number of benzene rings is 2. The topological polar surface area (TPSA) is 68.2 Å². The molecule has 2 heterocycles. The average Bonchev–Trinajstić information content (AvgIpc) is 3.16. The molecule has 0 amide bonds. The highest BCUT2D eigenvalue weighted by molar-refractivity contribution is 5.73. The predicted octanol–water partition coefficient (Wildman–Crippen LogP) is 3.59. The van der Waals surface area contributed by atoms with E-state index in [2.05, 4.69) is 0 Å². The molecule has 1 fully saturated rings. The number of fused-ring (bicyclic) bond motifs is 1. The van der Waals surface area contributed by atoms with Crippen molar-refractivity contribution in [1.29, 1.82) is 0 Å². The number of rotatable bonds is 5. The molecular formula is C21H22FNO5. The van der Waals surface area contributed by atoms with E-state index in [9.17, 15) is 14.3 Å². The van der Waals surface area contributed by atoms with Crippen LogP contribution in [0, 0.1) is 5.82 Å². The van der Waals surface area contributed by atoms with E-state index in [1.807, 2.05) is 23.1 Å². The van der Waals surface area contributed by atoms with E-state index in [-0.39, 0.29) is 12.5 Å².